The standard InChI is InChI=1S/3C4H10O3.C3H4O2.C3H8/c3*5-1-3-7-4-2-6;1-2-3(4)5;1-3-2/h3*5-6H,1-4H2;2H,1H2,(H,4,5);3H2,1-2H3. The largest absolute Gasteiger partial charge is 0.478 e. The molecule has 0 aromatic rings. The highest BCUT2D eigenvalue weighted by atomic mass is 16.5. The number of carbonyl (C=O) groups is 1. The highest BCUT2D eigenvalue weighted by molar-refractivity contribution is 5.78. The molecule has 0 amide bonds. The molecule has 0 aliphatic rings. The van der Waals surface area contributed by atoms with Crippen molar-refractivity contribution in [1.29, 1.82) is 0 Å². The van der Waals surface area contributed by atoms with Crippen LogP contribution < -0.4 is 0 Å². The van der Waals surface area contributed by atoms with Gasteiger partial charge in [0.25, 0.3) is 0 Å². The smallest absolute Gasteiger partial charge is 0.327 e. The maximum absolute atomic E-state index is 9.25. The second-order valence-electron chi connectivity index (χ2n) is 4.43. The number of hydrogen-bond acceptors (Lipinski definition) is 10. The first kappa shape index (κ1) is 38.5. The Labute approximate surface area is 173 Å². The van der Waals surface area contributed by atoms with Crippen molar-refractivity contribution in [3.05, 3.63) is 12.7 Å². The lowest BCUT2D eigenvalue weighted by molar-refractivity contribution is -0.131. The summed E-state index contributed by atoms with van der Waals surface area (Å²) in [6, 6.07) is 0. The molecule has 0 unspecified atom stereocenters. The Balaban J connectivity index is -0.0000000849. The van der Waals surface area contributed by atoms with Gasteiger partial charge in [-0.25, -0.2) is 4.79 Å². The van der Waals surface area contributed by atoms with Crippen LogP contribution in [0.15, 0.2) is 12.7 Å². The third-order valence-electron chi connectivity index (χ3n) is 1.59. The normalized spacial score (nSPS) is 8.55. The second kappa shape index (κ2) is 50.5. The van der Waals surface area contributed by atoms with E-state index in [1.54, 1.807) is 0 Å². The van der Waals surface area contributed by atoms with Crippen molar-refractivity contribution in [3.8, 4) is 0 Å². The molecule has 11 nitrogen and oxygen atoms in total. The van der Waals surface area contributed by atoms with E-state index in [-0.39, 0.29) is 39.6 Å². The van der Waals surface area contributed by atoms with E-state index in [4.69, 9.17) is 35.7 Å². The molecule has 180 valence electrons. The number of rotatable bonds is 13. The highest BCUT2D eigenvalue weighted by Crippen LogP contribution is 1.69. The Morgan fingerprint density at radius 3 is 0.862 bits per heavy atom. The molecule has 0 aliphatic carbocycles. The van der Waals surface area contributed by atoms with Gasteiger partial charge >= 0.3 is 5.97 Å². The third kappa shape index (κ3) is 100. The molecule has 0 aromatic heterocycles. The van der Waals surface area contributed by atoms with Crippen molar-refractivity contribution in [2.75, 3.05) is 79.3 Å². The minimum absolute atomic E-state index is 0.0278. The van der Waals surface area contributed by atoms with Crippen LogP contribution in [0.4, 0.5) is 0 Å². The molecule has 29 heavy (non-hydrogen) atoms. The number of hydrogen-bond donors (Lipinski definition) is 7. The van der Waals surface area contributed by atoms with E-state index in [1.807, 2.05) is 0 Å². The summed E-state index contributed by atoms with van der Waals surface area (Å²) in [6.45, 7) is 9.30. The zero-order valence-electron chi connectivity index (χ0n) is 17.7. The number of ether oxygens (including phenoxy) is 3. The highest BCUT2D eigenvalue weighted by Gasteiger charge is 1.80. The predicted molar refractivity (Wildman–Crippen MR) is 109 cm³/mol. The topological polar surface area (TPSA) is 186 Å². The van der Waals surface area contributed by atoms with Crippen molar-refractivity contribution in [3.63, 3.8) is 0 Å². The average Bonchev–Trinajstić information content (AvgIpc) is 2.71. The summed E-state index contributed by atoms with van der Waals surface area (Å²) in [7, 11) is 0. The van der Waals surface area contributed by atoms with Crippen LogP contribution in [0.25, 0.3) is 0 Å². The Morgan fingerprint density at radius 1 is 0.655 bits per heavy atom. The molecule has 0 saturated carbocycles. The van der Waals surface area contributed by atoms with Crippen LogP contribution in [0.3, 0.4) is 0 Å². The Hall–Kier alpha value is -1.15. The Morgan fingerprint density at radius 2 is 0.793 bits per heavy atom. The Bertz CT molecular complexity index is 218. The van der Waals surface area contributed by atoms with Gasteiger partial charge in [-0.15, -0.1) is 0 Å². The van der Waals surface area contributed by atoms with E-state index >= 15 is 0 Å². The van der Waals surface area contributed by atoms with Gasteiger partial charge in [-0.3, -0.25) is 0 Å². The zero-order chi connectivity index (χ0) is 23.6. The van der Waals surface area contributed by atoms with Crippen molar-refractivity contribution >= 4 is 5.97 Å². The number of carboxylic acid groups (broad SMARTS) is 1. The van der Waals surface area contributed by atoms with Gasteiger partial charge in [-0.1, -0.05) is 26.8 Å². The second-order valence-corrected chi connectivity index (χ2v) is 4.43. The molecule has 0 rings (SSSR count). The predicted octanol–water partition coefficient (Wildman–Crippen LogP) is -1.36. The molecular weight excluding hydrogens is 392 g/mol. The molecule has 0 bridgehead atoms. The van der Waals surface area contributed by atoms with E-state index in [0.29, 0.717) is 39.6 Å². The van der Waals surface area contributed by atoms with E-state index in [2.05, 4.69) is 34.6 Å². The lowest BCUT2D eigenvalue weighted by Gasteiger charge is -1.94. The first-order chi connectivity index (χ1) is 13.9. The Kier molecular flexibility index (Phi) is 67.0. The van der Waals surface area contributed by atoms with Crippen LogP contribution in [0.2, 0.25) is 0 Å². The molecule has 0 spiro atoms. The number of aliphatic hydroxyl groups excluding tert-OH is 6. The third-order valence-corrected chi connectivity index (χ3v) is 1.59. The van der Waals surface area contributed by atoms with Crippen LogP contribution in [0.5, 0.6) is 0 Å². The van der Waals surface area contributed by atoms with Gasteiger partial charge in [0.2, 0.25) is 0 Å². The minimum Gasteiger partial charge on any atom is -0.478 e. The van der Waals surface area contributed by atoms with Gasteiger partial charge in [0.05, 0.1) is 79.3 Å². The van der Waals surface area contributed by atoms with E-state index in [1.165, 1.54) is 6.42 Å². The van der Waals surface area contributed by atoms with Crippen LogP contribution in [0, 0.1) is 0 Å². The van der Waals surface area contributed by atoms with Crippen LogP contribution in [-0.2, 0) is 19.0 Å². The van der Waals surface area contributed by atoms with E-state index < -0.39 is 5.97 Å². The monoisotopic (exact) mass is 434 g/mol. The summed E-state index contributed by atoms with van der Waals surface area (Å²) < 4.78 is 13.9. The minimum atomic E-state index is -0.981. The SMILES string of the molecule is C=CC(=O)O.CCC.OCCOCCO.OCCOCCO.OCCOCCO. The molecule has 0 saturated heterocycles. The summed E-state index contributed by atoms with van der Waals surface area (Å²) in [5.41, 5.74) is 0. The fourth-order valence-electron chi connectivity index (χ4n) is 0.693. The van der Waals surface area contributed by atoms with Crippen LogP contribution in [-0.4, -0.2) is 121 Å². The number of carboxylic acids is 1. The maximum Gasteiger partial charge on any atom is 0.327 e. The summed E-state index contributed by atoms with van der Waals surface area (Å²) in [5, 5.41) is 56.1. The average molecular weight is 435 g/mol. The van der Waals surface area contributed by atoms with Gasteiger partial charge in [-0.05, 0) is 0 Å². The summed E-state index contributed by atoms with van der Waals surface area (Å²) >= 11 is 0. The van der Waals surface area contributed by atoms with Gasteiger partial charge in [0, 0.05) is 6.08 Å². The van der Waals surface area contributed by atoms with Crippen molar-refractivity contribution < 1.29 is 54.8 Å². The molecular formula is C18H42O11. The van der Waals surface area contributed by atoms with E-state index in [0.717, 1.165) is 6.08 Å². The molecule has 0 radical (unpaired) electrons. The number of aliphatic carboxylic acids is 1. The van der Waals surface area contributed by atoms with E-state index in [9.17, 15) is 4.79 Å². The summed E-state index contributed by atoms with van der Waals surface area (Å²) in [4.78, 5) is 9.25. The summed E-state index contributed by atoms with van der Waals surface area (Å²) in [5.74, 6) is -0.981. The quantitative estimate of drug-likeness (QED) is 0.134. The lowest BCUT2D eigenvalue weighted by atomic mass is 10.6. The molecule has 7 N–H and O–H groups in total. The van der Waals surface area contributed by atoms with Crippen LogP contribution in [0.1, 0.15) is 20.3 Å². The van der Waals surface area contributed by atoms with Gasteiger partial charge in [0.15, 0.2) is 0 Å². The molecule has 0 aromatic carbocycles. The maximum atomic E-state index is 9.25. The molecule has 0 aliphatic heterocycles. The van der Waals surface area contributed by atoms with Gasteiger partial charge in [-0.2, -0.15) is 0 Å². The molecule has 0 atom stereocenters. The first-order valence-corrected chi connectivity index (χ1v) is 9.17. The van der Waals surface area contributed by atoms with Gasteiger partial charge < -0.3 is 50.0 Å². The molecule has 0 heterocycles. The van der Waals surface area contributed by atoms with Gasteiger partial charge in [0.1, 0.15) is 0 Å². The van der Waals surface area contributed by atoms with Crippen molar-refractivity contribution in [2.45, 2.75) is 20.3 Å². The number of aliphatic hydroxyl groups is 6. The summed E-state index contributed by atoms with van der Waals surface area (Å²) in [6.07, 6.45) is 2.08. The van der Waals surface area contributed by atoms with Crippen molar-refractivity contribution in [1.82, 2.24) is 0 Å². The lowest BCUT2D eigenvalue weighted by Crippen LogP contribution is -2.03. The zero-order valence-corrected chi connectivity index (χ0v) is 17.7. The fourth-order valence-corrected chi connectivity index (χ4v) is 0.693. The van der Waals surface area contributed by atoms with Crippen LogP contribution >= 0.6 is 0 Å². The first-order valence-electron chi connectivity index (χ1n) is 9.17. The van der Waals surface area contributed by atoms with Crippen molar-refractivity contribution in [2.24, 2.45) is 0 Å². The molecule has 0 fully saturated rings. The molecule has 11 heteroatoms. The fraction of sp³-hybridized carbons (Fsp3) is 0.833.